The molecule has 0 amide bonds. The Kier molecular flexibility index (Phi) is 13.4. The molecule has 1 nitrogen and oxygen atoms in total. The molecule has 0 aliphatic rings. The van der Waals surface area contributed by atoms with E-state index < -0.39 is 0 Å². The summed E-state index contributed by atoms with van der Waals surface area (Å²) in [6.07, 6.45) is 16.3. The second-order valence-corrected chi connectivity index (χ2v) is 4.34. The summed E-state index contributed by atoms with van der Waals surface area (Å²) in [5.41, 5.74) is 0. The lowest BCUT2D eigenvalue weighted by atomic mass is 10.1. The second-order valence-electron chi connectivity index (χ2n) is 4.34. The van der Waals surface area contributed by atoms with Gasteiger partial charge in [0.05, 0.1) is 0 Å². The summed E-state index contributed by atoms with van der Waals surface area (Å²) in [7, 11) is 0. The Labute approximate surface area is 95.6 Å². The van der Waals surface area contributed by atoms with Crippen molar-refractivity contribution >= 4 is 0 Å². The first-order chi connectivity index (χ1) is 7.41. The van der Waals surface area contributed by atoms with E-state index in [1.165, 1.54) is 64.2 Å². The van der Waals surface area contributed by atoms with Gasteiger partial charge in [-0.3, -0.25) is 0 Å². The molecule has 0 heterocycles. The van der Waals surface area contributed by atoms with Crippen LogP contribution in [-0.4, -0.2) is 11.7 Å². The molecule has 0 saturated heterocycles. The lowest BCUT2D eigenvalue weighted by molar-refractivity contribution is 0.282. The molecular weight excluding hydrogens is 184 g/mol. The van der Waals surface area contributed by atoms with Gasteiger partial charge in [0.25, 0.3) is 0 Å². The molecule has 15 heavy (non-hydrogen) atoms. The minimum absolute atomic E-state index is 0.364. The molecule has 0 fully saturated rings. The first-order valence-electron chi connectivity index (χ1n) is 6.63. The predicted molar refractivity (Wildman–Crippen MR) is 68.1 cm³/mol. The van der Waals surface area contributed by atoms with E-state index in [2.05, 4.69) is 6.58 Å². The summed E-state index contributed by atoms with van der Waals surface area (Å²) in [6.45, 7) is 4.09. The molecule has 0 radical (unpaired) electrons. The average Bonchev–Trinajstić information content (AvgIpc) is 2.26. The van der Waals surface area contributed by atoms with E-state index in [4.69, 9.17) is 5.11 Å². The lowest BCUT2D eigenvalue weighted by Crippen LogP contribution is -1.84. The minimum atomic E-state index is 0.364. The van der Waals surface area contributed by atoms with Crippen molar-refractivity contribution in [3.05, 3.63) is 12.7 Å². The molecule has 0 aromatic rings. The second kappa shape index (κ2) is 13.7. The van der Waals surface area contributed by atoms with Crippen LogP contribution < -0.4 is 0 Å². The number of unbranched alkanes of at least 4 members (excludes halogenated alkanes) is 10. The maximum absolute atomic E-state index is 8.60. The maximum atomic E-state index is 8.60. The molecular formula is C14H28O. The molecule has 0 spiro atoms. The monoisotopic (exact) mass is 212 g/mol. The normalized spacial score (nSPS) is 10.5. The number of hydrogen-bond donors (Lipinski definition) is 1. The standard InChI is InChI=1S/C14H28O/c1-2-3-4-5-6-7-8-9-10-11-12-13-14-15/h2,15H,1,3-14H2. The molecule has 0 unspecified atom stereocenters. The van der Waals surface area contributed by atoms with Crippen molar-refractivity contribution in [2.24, 2.45) is 0 Å². The third-order valence-electron chi connectivity index (χ3n) is 2.82. The number of aliphatic hydroxyl groups excluding tert-OH is 1. The Morgan fingerprint density at radius 2 is 1.07 bits per heavy atom. The van der Waals surface area contributed by atoms with Crippen molar-refractivity contribution in [2.75, 3.05) is 6.61 Å². The highest BCUT2D eigenvalue weighted by Crippen LogP contribution is 2.11. The smallest absolute Gasteiger partial charge is 0.0431 e. The van der Waals surface area contributed by atoms with Gasteiger partial charge in [-0.25, -0.2) is 0 Å². The van der Waals surface area contributed by atoms with Crippen molar-refractivity contribution in [1.29, 1.82) is 0 Å². The van der Waals surface area contributed by atoms with Gasteiger partial charge in [0.15, 0.2) is 0 Å². The molecule has 0 aliphatic heterocycles. The summed E-state index contributed by atoms with van der Waals surface area (Å²) in [4.78, 5) is 0. The SMILES string of the molecule is C=CCCCCCCCCCCCCO. The van der Waals surface area contributed by atoms with E-state index in [1.807, 2.05) is 6.08 Å². The van der Waals surface area contributed by atoms with Crippen molar-refractivity contribution in [3.63, 3.8) is 0 Å². The van der Waals surface area contributed by atoms with Crippen LogP contribution in [0.15, 0.2) is 12.7 Å². The fourth-order valence-corrected chi connectivity index (χ4v) is 1.81. The van der Waals surface area contributed by atoms with Gasteiger partial charge in [-0.15, -0.1) is 6.58 Å². The van der Waals surface area contributed by atoms with E-state index in [1.54, 1.807) is 0 Å². The molecule has 0 rings (SSSR count). The first kappa shape index (κ1) is 14.7. The minimum Gasteiger partial charge on any atom is -0.396 e. The van der Waals surface area contributed by atoms with E-state index in [9.17, 15) is 0 Å². The Balaban J connectivity index is 2.83. The molecule has 0 bridgehead atoms. The molecule has 1 N–H and O–H groups in total. The van der Waals surface area contributed by atoms with E-state index in [-0.39, 0.29) is 0 Å². The van der Waals surface area contributed by atoms with Crippen LogP contribution in [0.2, 0.25) is 0 Å². The van der Waals surface area contributed by atoms with Gasteiger partial charge >= 0.3 is 0 Å². The molecule has 1 heteroatoms. The van der Waals surface area contributed by atoms with Gasteiger partial charge in [-0.2, -0.15) is 0 Å². The summed E-state index contributed by atoms with van der Waals surface area (Å²) in [5, 5.41) is 8.60. The van der Waals surface area contributed by atoms with Gasteiger partial charge in [-0.05, 0) is 19.3 Å². The predicted octanol–water partition coefficient (Wildman–Crippen LogP) is 4.46. The highest BCUT2D eigenvalue weighted by molar-refractivity contribution is 4.65. The van der Waals surface area contributed by atoms with Crippen molar-refractivity contribution < 1.29 is 5.11 Å². The van der Waals surface area contributed by atoms with Gasteiger partial charge in [-0.1, -0.05) is 57.4 Å². The highest BCUT2D eigenvalue weighted by atomic mass is 16.2. The van der Waals surface area contributed by atoms with Crippen LogP contribution in [0.4, 0.5) is 0 Å². The fourth-order valence-electron chi connectivity index (χ4n) is 1.81. The van der Waals surface area contributed by atoms with Crippen LogP contribution >= 0.6 is 0 Å². The zero-order valence-corrected chi connectivity index (χ0v) is 10.2. The van der Waals surface area contributed by atoms with E-state index >= 15 is 0 Å². The number of allylic oxidation sites excluding steroid dienone is 1. The zero-order valence-electron chi connectivity index (χ0n) is 10.2. The largest absolute Gasteiger partial charge is 0.396 e. The van der Waals surface area contributed by atoms with E-state index in [0.29, 0.717) is 6.61 Å². The Morgan fingerprint density at radius 3 is 1.47 bits per heavy atom. The number of rotatable bonds is 12. The van der Waals surface area contributed by atoms with Crippen LogP contribution in [0.3, 0.4) is 0 Å². The quantitative estimate of drug-likeness (QED) is 0.374. The third-order valence-corrected chi connectivity index (χ3v) is 2.82. The van der Waals surface area contributed by atoms with Crippen LogP contribution in [0.25, 0.3) is 0 Å². The zero-order chi connectivity index (χ0) is 11.2. The average molecular weight is 212 g/mol. The fraction of sp³-hybridized carbons (Fsp3) is 0.857. The summed E-state index contributed by atoms with van der Waals surface area (Å²) >= 11 is 0. The van der Waals surface area contributed by atoms with Crippen LogP contribution in [0.1, 0.15) is 70.6 Å². The number of hydrogen-bond acceptors (Lipinski definition) is 1. The molecule has 0 saturated carbocycles. The topological polar surface area (TPSA) is 20.2 Å². The van der Waals surface area contributed by atoms with Crippen molar-refractivity contribution in [2.45, 2.75) is 70.6 Å². The Bertz CT molecular complexity index is 121. The molecule has 0 aromatic heterocycles. The van der Waals surface area contributed by atoms with Crippen LogP contribution in [0.5, 0.6) is 0 Å². The highest BCUT2D eigenvalue weighted by Gasteiger charge is 1.92. The van der Waals surface area contributed by atoms with Gasteiger partial charge in [0.1, 0.15) is 0 Å². The summed E-state index contributed by atoms with van der Waals surface area (Å²) < 4.78 is 0. The molecule has 0 aliphatic carbocycles. The molecule has 0 atom stereocenters. The Morgan fingerprint density at radius 1 is 0.667 bits per heavy atom. The van der Waals surface area contributed by atoms with Gasteiger partial charge in [0, 0.05) is 6.61 Å². The number of aliphatic hydroxyl groups is 1. The van der Waals surface area contributed by atoms with Crippen LogP contribution in [0, 0.1) is 0 Å². The maximum Gasteiger partial charge on any atom is 0.0431 e. The summed E-state index contributed by atoms with van der Waals surface area (Å²) in [5.74, 6) is 0. The molecule has 0 aromatic carbocycles. The Hall–Kier alpha value is -0.300. The van der Waals surface area contributed by atoms with Crippen molar-refractivity contribution in [3.8, 4) is 0 Å². The van der Waals surface area contributed by atoms with Crippen LogP contribution in [-0.2, 0) is 0 Å². The molecule has 90 valence electrons. The lowest BCUT2D eigenvalue weighted by Gasteiger charge is -2.01. The van der Waals surface area contributed by atoms with Crippen molar-refractivity contribution in [1.82, 2.24) is 0 Å². The summed E-state index contributed by atoms with van der Waals surface area (Å²) in [6, 6.07) is 0. The van der Waals surface area contributed by atoms with Gasteiger partial charge in [0.2, 0.25) is 0 Å². The third kappa shape index (κ3) is 13.7. The van der Waals surface area contributed by atoms with Gasteiger partial charge < -0.3 is 5.11 Å². The first-order valence-corrected chi connectivity index (χ1v) is 6.63. The van der Waals surface area contributed by atoms with E-state index in [0.717, 1.165) is 6.42 Å².